The molecule has 0 saturated carbocycles. The summed E-state index contributed by atoms with van der Waals surface area (Å²) in [5.41, 5.74) is 2.45. The molecular weight excluding hydrogens is 396 g/mol. The van der Waals surface area contributed by atoms with E-state index in [-0.39, 0.29) is 16.8 Å². The molecule has 1 fully saturated rings. The van der Waals surface area contributed by atoms with Gasteiger partial charge in [-0.25, -0.2) is 0 Å². The van der Waals surface area contributed by atoms with Crippen molar-refractivity contribution in [3.8, 4) is 5.75 Å². The minimum Gasteiger partial charge on any atom is -0.490 e. The number of para-hydroxylation sites is 1. The fraction of sp³-hybridized carbons (Fsp3) is 0.292. The summed E-state index contributed by atoms with van der Waals surface area (Å²) in [5, 5.41) is 2.70. The third-order valence-electron chi connectivity index (χ3n) is 5.04. The van der Waals surface area contributed by atoms with Gasteiger partial charge in [-0.3, -0.25) is 19.8 Å². The Labute approximate surface area is 182 Å². The lowest BCUT2D eigenvalue weighted by atomic mass is 10.0. The molecule has 0 aromatic heterocycles. The Morgan fingerprint density at radius 1 is 1.07 bits per heavy atom. The Kier molecular flexibility index (Phi) is 6.67. The number of amides is 2. The number of thiocarbonyl (C=S) groups is 1. The summed E-state index contributed by atoms with van der Waals surface area (Å²) in [4.78, 5) is 27.2. The summed E-state index contributed by atoms with van der Waals surface area (Å²) in [7, 11) is 0. The number of nitrogens with zero attached hydrogens (tertiary/aromatic N) is 1. The quantitative estimate of drug-likeness (QED) is 0.412. The monoisotopic (exact) mass is 422 g/mol. The number of hydrogen-bond donors (Lipinski definition) is 1. The third-order valence-corrected chi connectivity index (χ3v) is 5.33. The van der Waals surface area contributed by atoms with Crippen molar-refractivity contribution in [2.45, 2.75) is 46.1 Å². The van der Waals surface area contributed by atoms with Crippen LogP contribution >= 0.6 is 12.2 Å². The third kappa shape index (κ3) is 4.60. The molecule has 2 aromatic carbocycles. The first-order valence-electron chi connectivity index (χ1n) is 10.1. The predicted octanol–water partition coefficient (Wildman–Crippen LogP) is 4.82. The maximum Gasteiger partial charge on any atom is 0.270 e. The molecule has 0 radical (unpaired) electrons. The number of rotatable bonds is 6. The molecule has 0 aliphatic carbocycles. The fourth-order valence-electron chi connectivity index (χ4n) is 3.06. The summed E-state index contributed by atoms with van der Waals surface area (Å²) in [5.74, 6) is 0.0268. The Hall–Kier alpha value is -2.99. The lowest BCUT2D eigenvalue weighted by Crippen LogP contribution is -2.54. The van der Waals surface area contributed by atoms with Gasteiger partial charge in [-0.1, -0.05) is 51.1 Å². The van der Waals surface area contributed by atoms with Gasteiger partial charge < -0.3 is 4.74 Å². The van der Waals surface area contributed by atoms with Crippen LogP contribution in [0.3, 0.4) is 0 Å². The highest BCUT2D eigenvalue weighted by Crippen LogP contribution is 2.27. The van der Waals surface area contributed by atoms with Crippen molar-refractivity contribution in [2.24, 2.45) is 0 Å². The maximum atomic E-state index is 13.2. The lowest BCUT2D eigenvalue weighted by molar-refractivity contribution is -0.122. The van der Waals surface area contributed by atoms with Gasteiger partial charge in [0.1, 0.15) is 11.3 Å². The molecule has 1 N–H and O–H groups in total. The van der Waals surface area contributed by atoms with Crippen LogP contribution in [0.25, 0.3) is 6.08 Å². The summed E-state index contributed by atoms with van der Waals surface area (Å²) < 4.78 is 5.95. The van der Waals surface area contributed by atoms with E-state index < -0.39 is 11.8 Å². The fourth-order valence-corrected chi connectivity index (χ4v) is 3.34. The zero-order valence-electron chi connectivity index (χ0n) is 17.6. The van der Waals surface area contributed by atoms with Crippen LogP contribution < -0.4 is 15.0 Å². The molecule has 156 valence electrons. The van der Waals surface area contributed by atoms with Crippen molar-refractivity contribution >= 4 is 40.9 Å². The Balaban J connectivity index is 1.97. The summed E-state index contributed by atoms with van der Waals surface area (Å²) in [6, 6.07) is 15.0. The second kappa shape index (κ2) is 9.22. The van der Waals surface area contributed by atoms with Crippen LogP contribution in [0.5, 0.6) is 5.75 Å². The smallest absolute Gasteiger partial charge is 0.270 e. The van der Waals surface area contributed by atoms with E-state index in [0.717, 1.165) is 12.0 Å². The van der Waals surface area contributed by atoms with Crippen molar-refractivity contribution in [3.63, 3.8) is 0 Å². The van der Waals surface area contributed by atoms with Crippen LogP contribution in [0.4, 0.5) is 5.69 Å². The predicted molar refractivity (Wildman–Crippen MR) is 124 cm³/mol. The topological polar surface area (TPSA) is 58.6 Å². The van der Waals surface area contributed by atoms with E-state index in [4.69, 9.17) is 17.0 Å². The van der Waals surface area contributed by atoms with E-state index in [0.29, 0.717) is 22.9 Å². The van der Waals surface area contributed by atoms with Crippen LogP contribution in [0.15, 0.2) is 54.1 Å². The first-order chi connectivity index (χ1) is 14.3. The Bertz CT molecular complexity index is 996. The second-order valence-corrected chi connectivity index (χ2v) is 7.97. The van der Waals surface area contributed by atoms with Crippen LogP contribution in [-0.4, -0.2) is 23.0 Å². The highest BCUT2D eigenvalue weighted by molar-refractivity contribution is 7.80. The molecule has 30 heavy (non-hydrogen) atoms. The van der Waals surface area contributed by atoms with Gasteiger partial charge in [0.15, 0.2) is 5.11 Å². The molecule has 3 rings (SSSR count). The zero-order valence-corrected chi connectivity index (χ0v) is 18.5. The molecule has 1 heterocycles. The summed E-state index contributed by atoms with van der Waals surface area (Å²) >= 11 is 5.29. The molecule has 1 atom stereocenters. The minimum absolute atomic E-state index is 0.0109. The first kappa shape index (κ1) is 21.7. The van der Waals surface area contributed by atoms with Gasteiger partial charge in [0, 0.05) is 5.56 Å². The molecule has 0 unspecified atom stereocenters. The van der Waals surface area contributed by atoms with Crippen molar-refractivity contribution in [2.75, 3.05) is 4.90 Å². The molecule has 1 saturated heterocycles. The number of carbonyl (C=O) groups is 2. The van der Waals surface area contributed by atoms with Gasteiger partial charge in [0.2, 0.25) is 0 Å². The Morgan fingerprint density at radius 2 is 1.73 bits per heavy atom. The Morgan fingerprint density at radius 3 is 2.37 bits per heavy atom. The average molecular weight is 423 g/mol. The van der Waals surface area contributed by atoms with Gasteiger partial charge in [-0.15, -0.1) is 0 Å². The highest BCUT2D eigenvalue weighted by atomic mass is 32.1. The van der Waals surface area contributed by atoms with Crippen LogP contribution in [-0.2, 0) is 9.59 Å². The van der Waals surface area contributed by atoms with E-state index in [9.17, 15) is 9.59 Å². The van der Waals surface area contributed by atoms with Crippen molar-refractivity contribution in [1.29, 1.82) is 0 Å². The standard InChI is InChI=1S/C24H26N2O3S/c1-5-16(4)29-21-9-7-6-8-18(21)14-20-22(27)25-24(30)26(23(20)28)19-12-10-17(11-13-19)15(2)3/h6-16H,5H2,1-4H3,(H,25,27,30)/b20-14+/t16-/m0/s1. The highest BCUT2D eigenvalue weighted by Gasteiger charge is 2.34. The first-order valence-corrected chi connectivity index (χ1v) is 10.5. The number of anilines is 1. The van der Waals surface area contributed by atoms with Crippen molar-refractivity contribution in [3.05, 3.63) is 65.2 Å². The van der Waals surface area contributed by atoms with Gasteiger partial charge in [0.05, 0.1) is 11.8 Å². The molecule has 5 nitrogen and oxygen atoms in total. The van der Waals surface area contributed by atoms with Gasteiger partial charge in [-0.2, -0.15) is 0 Å². The van der Waals surface area contributed by atoms with E-state index in [1.165, 1.54) is 4.90 Å². The van der Waals surface area contributed by atoms with Gasteiger partial charge in [0.25, 0.3) is 11.8 Å². The zero-order chi connectivity index (χ0) is 21.8. The van der Waals surface area contributed by atoms with Crippen LogP contribution in [0.2, 0.25) is 0 Å². The largest absolute Gasteiger partial charge is 0.490 e. The van der Waals surface area contributed by atoms with Gasteiger partial charge in [-0.05, 0) is 61.3 Å². The molecule has 2 aromatic rings. The normalized spacial score (nSPS) is 16.8. The molecule has 1 aliphatic heterocycles. The molecule has 6 heteroatoms. The van der Waals surface area contributed by atoms with Crippen LogP contribution in [0, 0.1) is 0 Å². The average Bonchev–Trinajstić information content (AvgIpc) is 2.72. The van der Waals surface area contributed by atoms with E-state index in [1.54, 1.807) is 6.08 Å². The number of benzene rings is 2. The SMILES string of the molecule is CC[C@H](C)Oc1ccccc1/C=C1\C(=O)NC(=S)N(c2ccc(C(C)C)cc2)C1=O. The minimum atomic E-state index is -0.515. The lowest BCUT2D eigenvalue weighted by Gasteiger charge is -2.29. The van der Waals surface area contributed by atoms with Gasteiger partial charge >= 0.3 is 0 Å². The number of nitrogens with one attached hydrogen (secondary N) is 1. The van der Waals surface area contributed by atoms with E-state index >= 15 is 0 Å². The van der Waals surface area contributed by atoms with E-state index in [1.807, 2.05) is 62.4 Å². The van der Waals surface area contributed by atoms with Crippen LogP contribution in [0.1, 0.15) is 51.2 Å². The maximum absolute atomic E-state index is 13.2. The number of hydrogen-bond acceptors (Lipinski definition) is 4. The number of ether oxygens (including phenoxy) is 1. The van der Waals surface area contributed by atoms with Crippen molar-refractivity contribution < 1.29 is 14.3 Å². The molecular formula is C24H26N2O3S. The summed E-state index contributed by atoms with van der Waals surface area (Å²) in [6.45, 7) is 8.22. The molecule has 0 spiro atoms. The molecule has 1 aliphatic rings. The second-order valence-electron chi connectivity index (χ2n) is 7.58. The number of carbonyl (C=O) groups excluding carboxylic acids is 2. The molecule has 2 amide bonds. The molecule has 0 bridgehead atoms. The summed E-state index contributed by atoms with van der Waals surface area (Å²) in [6.07, 6.45) is 2.43. The van der Waals surface area contributed by atoms with E-state index in [2.05, 4.69) is 19.2 Å². The van der Waals surface area contributed by atoms with Crippen molar-refractivity contribution in [1.82, 2.24) is 5.32 Å².